The normalized spacial score (nSPS) is 8.11. The van der Waals surface area contributed by atoms with Crippen LogP contribution in [0, 0.1) is 11.8 Å². The van der Waals surface area contributed by atoms with Crippen LogP contribution < -0.4 is 0 Å². The molecule has 0 saturated heterocycles. The van der Waals surface area contributed by atoms with Gasteiger partial charge in [-0.15, -0.1) is 11.6 Å². The zero-order valence-corrected chi connectivity index (χ0v) is 5.48. The molecule has 0 amide bonds. The molecule has 46 valence electrons. The lowest BCUT2D eigenvalue weighted by molar-refractivity contribution is 0.566. The lowest BCUT2D eigenvalue weighted by atomic mass is 10.3. The Morgan fingerprint density at radius 3 is 3.11 bits per heavy atom. The molecule has 9 heavy (non-hydrogen) atoms. The number of rotatable bonds is 0. The zero-order valence-electron chi connectivity index (χ0n) is 4.73. The lowest BCUT2D eigenvalue weighted by Gasteiger charge is -1.70. The monoisotopic (exact) mass is 140 g/mol. The van der Waals surface area contributed by atoms with Gasteiger partial charge in [0.25, 0.3) is 0 Å². The molecule has 1 nitrogen and oxygen atoms in total. The van der Waals surface area contributed by atoms with E-state index in [2.05, 4.69) is 11.8 Å². The van der Waals surface area contributed by atoms with Crippen molar-refractivity contribution < 1.29 is 4.42 Å². The van der Waals surface area contributed by atoms with Crippen molar-refractivity contribution in [1.82, 2.24) is 0 Å². The van der Waals surface area contributed by atoms with Gasteiger partial charge in [0.05, 0.1) is 17.7 Å². The summed E-state index contributed by atoms with van der Waals surface area (Å²) in [5.41, 5.74) is 0.871. The minimum Gasteiger partial charge on any atom is -0.471 e. The quantitative estimate of drug-likeness (QED) is 0.396. The minimum atomic E-state index is 0.366. The smallest absolute Gasteiger partial charge is 0.106 e. The molecule has 0 atom stereocenters. The largest absolute Gasteiger partial charge is 0.471 e. The van der Waals surface area contributed by atoms with Crippen LogP contribution >= 0.6 is 11.6 Å². The second kappa shape index (κ2) is 3.21. The lowest BCUT2D eigenvalue weighted by Crippen LogP contribution is -1.63. The molecular weight excluding hydrogens is 136 g/mol. The predicted molar refractivity (Wildman–Crippen MR) is 36.3 cm³/mol. The van der Waals surface area contributed by atoms with Crippen molar-refractivity contribution in [3.05, 3.63) is 24.2 Å². The molecule has 1 heterocycles. The number of furan rings is 1. The van der Waals surface area contributed by atoms with E-state index in [0.29, 0.717) is 5.88 Å². The third-order valence-corrected chi connectivity index (χ3v) is 0.954. The molecular formula is C7H5ClO. The van der Waals surface area contributed by atoms with Crippen LogP contribution in [0.5, 0.6) is 0 Å². The van der Waals surface area contributed by atoms with Crippen LogP contribution in [0.25, 0.3) is 0 Å². The van der Waals surface area contributed by atoms with Gasteiger partial charge in [-0.2, -0.15) is 0 Å². The van der Waals surface area contributed by atoms with Gasteiger partial charge in [0.15, 0.2) is 0 Å². The Kier molecular flexibility index (Phi) is 2.23. The van der Waals surface area contributed by atoms with Gasteiger partial charge in [0.2, 0.25) is 0 Å². The summed E-state index contributed by atoms with van der Waals surface area (Å²) in [6.07, 6.45) is 3.16. The molecule has 0 aromatic carbocycles. The Labute approximate surface area is 58.6 Å². The Balaban J connectivity index is 2.67. The summed E-state index contributed by atoms with van der Waals surface area (Å²) in [6.45, 7) is 0. The molecule has 0 N–H and O–H groups in total. The van der Waals surface area contributed by atoms with Gasteiger partial charge in [-0.25, -0.2) is 0 Å². The van der Waals surface area contributed by atoms with Gasteiger partial charge in [-0.05, 0) is 6.07 Å². The highest BCUT2D eigenvalue weighted by Gasteiger charge is 1.82. The van der Waals surface area contributed by atoms with Crippen LogP contribution in [-0.2, 0) is 0 Å². The van der Waals surface area contributed by atoms with Crippen LogP contribution in [0.2, 0.25) is 0 Å². The maximum atomic E-state index is 5.31. The topological polar surface area (TPSA) is 13.1 Å². The van der Waals surface area contributed by atoms with Crippen LogP contribution in [0.15, 0.2) is 23.0 Å². The van der Waals surface area contributed by atoms with E-state index in [1.54, 1.807) is 18.6 Å². The molecule has 0 aliphatic carbocycles. The van der Waals surface area contributed by atoms with Crippen LogP contribution in [0.4, 0.5) is 0 Å². The Morgan fingerprint density at radius 2 is 2.56 bits per heavy atom. The summed E-state index contributed by atoms with van der Waals surface area (Å²) in [7, 11) is 0. The highest BCUT2D eigenvalue weighted by atomic mass is 35.5. The Hall–Kier alpha value is -0.870. The van der Waals surface area contributed by atoms with Crippen molar-refractivity contribution >= 4 is 11.6 Å². The second-order valence-electron chi connectivity index (χ2n) is 1.45. The maximum absolute atomic E-state index is 5.31. The molecule has 1 aromatic heterocycles. The van der Waals surface area contributed by atoms with Gasteiger partial charge in [-0.3, -0.25) is 0 Å². The average Bonchev–Trinajstić information content (AvgIpc) is 2.34. The van der Waals surface area contributed by atoms with E-state index in [0.717, 1.165) is 5.56 Å². The van der Waals surface area contributed by atoms with Crippen LogP contribution in [-0.4, -0.2) is 5.88 Å². The van der Waals surface area contributed by atoms with Gasteiger partial charge in [-0.1, -0.05) is 11.8 Å². The first-order chi connectivity index (χ1) is 4.43. The Morgan fingerprint density at radius 1 is 1.67 bits per heavy atom. The standard InChI is InChI=1S/C7H5ClO/c8-4-1-2-7-3-5-9-6-7/h3,5-6H,4H2. The average molecular weight is 141 g/mol. The fraction of sp³-hybridized carbons (Fsp3) is 0.143. The molecule has 0 bridgehead atoms. The first kappa shape index (κ1) is 6.25. The van der Waals surface area contributed by atoms with E-state index >= 15 is 0 Å². The summed E-state index contributed by atoms with van der Waals surface area (Å²) >= 11 is 5.31. The fourth-order valence-electron chi connectivity index (χ4n) is 0.471. The second-order valence-corrected chi connectivity index (χ2v) is 1.71. The molecule has 0 aliphatic heterocycles. The molecule has 0 saturated carbocycles. The Bertz CT molecular complexity index is 215. The number of alkyl halides is 1. The zero-order chi connectivity index (χ0) is 6.53. The molecule has 1 aromatic rings. The summed E-state index contributed by atoms with van der Waals surface area (Å²) in [5, 5.41) is 0. The third kappa shape index (κ3) is 1.83. The predicted octanol–water partition coefficient (Wildman–Crippen LogP) is 1.87. The van der Waals surface area contributed by atoms with E-state index < -0.39 is 0 Å². The van der Waals surface area contributed by atoms with Gasteiger partial charge in [0.1, 0.15) is 6.26 Å². The summed E-state index contributed by atoms with van der Waals surface area (Å²) in [6, 6.07) is 1.79. The van der Waals surface area contributed by atoms with Crippen molar-refractivity contribution in [1.29, 1.82) is 0 Å². The van der Waals surface area contributed by atoms with Crippen LogP contribution in [0.1, 0.15) is 5.56 Å². The van der Waals surface area contributed by atoms with Crippen molar-refractivity contribution in [2.45, 2.75) is 0 Å². The van der Waals surface area contributed by atoms with Gasteiger partial charge in [0, 0.05) is 0 Å². The first-order valence-electron chi connectivity index (χ1n) is 2.50. The molecule has 0 unspecified atom stereocenters. The first-order valence-corrected chi connectivity index (χ1v) is 3.04. The van der Waals surface area contributed by atoms with E-state index in [1.807, 2.05) is 0 Å². The number of halogens is 1. The van der Waals surface area contributed by atoms with Crippen molar-refractivity contribution in [2.24, 2.45) is 0 Å². The van der Waals surface area contributed by atoms with Gasteiger partial charge >= 0.3 is 0 Å². The van der Waals surface area contributed by atoms with Crippen molar-refractivity contribution in [3.63, 3.8) is 0 Å². The van der Waals surface area contributed by atoms with E-state index in [-0.39, 0.29) is 0 Å². The summed E-state index contributed by atoms with van der Waals surface area (Å²) in [4.78, 5) is 0. The highest BCUT2D eigenvalue weighted by molar-refractivity contribution is 6.19. The molecule has 0 spiro atoms. The van der Waals surface area contributed by atoms with E-state index in [4.69, 9.17) is 16.0 Å². The molecule has 1 rings (SSSR count). The SMILES string of the molecule is ClCC#Cc1ccoc1. The summed E-state index contributed by atoms with van der Waals surface area (Å²) < 4.78 is 4.77. The van der Waals surface area contributed by atoms with E-state index in [1.165, 1.54) is 0 Å². The molecule has 0 radical (unpaired) electrons. The molecule has 2 heteroatoms. The molecule has 0 fully saturated rings. The van der Waals surface area contributed by atoms with Crippen molar-refractivity contribution in [3.8, 4) is 11.8 Å². The molecule has 0 aliphatic rings. The number of hydrogen-bond acceptors (Lipinski definition) is 1. The van der Waals surface area contributed by atoms with E-state index in [9.17, 15) is 0 Å². The van der Waals surface area contributed by atoms with Crippen LogP contribution in [0.3, 0.4) is 0 Å². The minimum absolute atomic E-state index is 0.366. The van der Waals surface area contributed by atoms with Crippen molar-refractivity contribution in [2.75, 3.05) is 5.88 Å². The van der Waals surface area contributed by atoms with Gasteiger partial charge < -0.3 is 4.42 Å². The third-order valence-electron chi connectivity index (χ3n) is 0.821. The highest BCUT2D eigenvalue weighted by Crippen LogP contribution is 1.95. The summed E-state index contributed by atoms with van der Waals surface area (Å²) in [5.74, 6) is 5.87. The maximum Gasteiger partial charge on any atom is 0.106 e. The number of hydrogen-bond donors (Lipinski definition) is 0. The fourth-order valence-corrected chi connectivity index (χ4v) is 0.538.